The summed E-state index contributed by atoms with van der Waals surface area (Å²) in [5.74, 6) is 1.42. The summed E-state index contributed by atoms with van der Waals surface area (Å²) in [5, 5.41) is 2.93. The molecular weight excluding hydrogens is 318 g/mol. The van der Waals surface area contributed by atoms with E-state index in [0.717, 1.165) is 24.8 Å². The topological polar surface area (TPSA) is 64.6 Å². The fourth-order valence-electron chi connectivity index (χ4n) is 2.75. The summed E-state index contributed by atoms with van der Waals surface area (Å²) in [5.41, 5.74) is 0.647. The quantitative estimate of drug-likeness (QED) is 0.640. The molecule has 2 aliphatic rings. The number of carbonyl (C=O) groups is 1. The van der Waals surface area contributed by atoms with Gasteiger partial charge in [0.1, 0.15) is 18.1 Å². The van der Waals surface area contributed by atoms with Crippen molar-refractivity contribution in [2.75, 3.05) is 0 Å². The molecule has 1 aliphatic carbocycles. The SMILES string of the molecule is C=CC1(NC(=O)C2=C(OCc3ccccc3)C(=C=O)C=CO2)CCC1. The van der Waals surface area contributed by atoms with Crippen molar-refractivity contribution in [3.05, 3.63) is 78.0 Å². The van der Waals surface area contributed by atoms with Crippen molar-refractivity contribution in [3.8, 4) is 0 Å². The van der Waals surface area contributed by atoms with E-state index >= 15 is 0 Å². The van der Waals surface area contributed by atoms with Gasteiger partial charge in [0.25, 0.3) is 5.91 Å². The van der Waals surface area contributed by atoms with Crippen LogP contribution in [0, 0.1) is 0 Å². The number of allylic oxidation sites excluding steroid dienone is 1. The van der Waals surface area contributed by atoms with E-state index in [-0.39, 0.29) is 23.7 Å². The molecule has 0 unspecified atom stereocenters. The number of nitrogens with one attached hydrogen (secondary N) is 1. The average molecular weight is 337 g/mol. The maximum Gasteiger partial charge on any atom is 0.291 e. The minimum absolute atomic E-state index is 0.0371. The van der Waals surface area contributed by atoms with Crippen molar-refractivity contribution >= 4 is 11.8 Å². The Balaban J connectivity index is 1.82. The van der Waals surface area contributed by atoms with E-state index in [1.165, 1.54) is 12.3 Å². The molecule has 0 aromatic heterocycles. The zero-order valence-electron chi connectivity index (χ0n) is 13.8. The first-order valence-electron chi connectivity index (χ1n) is 8.13. The van der Waals surface area contributed by atoms with Crippen LogP contribution in [0.25, 0.3) is 0 Å². The molecule has 1 aromatic carbocycles. The van der Waals surface area contributed by atoms with Crippen molar-refractivity contribution in [1.29, 1.82) is 0 Å². The van der Waals surface area contributed by atoms with Gasteiger partial charge in [0.05, 0.1) is 11.8 Å². The molecule has 1 N–H and O–H groups in total. The Labute approximate surface area is 146 Å². The fraction of sp³-hybridized carbons (Fsp3) is 0.250. The fourth-order valence-corrected chi connectivity index (χ4v) is 2.75. The second-order valence-electron chi connectivity index (χ2n) is 6.04. The van der Waals surface area contributed by atoms with E-state index in [2.05, 4.69) is 11.9 Å². The van der Waals surface area contributed by atoms with E-state index in [0.29, 0.717) is 0 Å². The molecule has 1 amide bonds. The van der Waals surface area contributed by atoms with Crippen LogP contribution >= 0.6 is 0 Å². The van der Waals surface area contributed by atoms with E-state index in [1.54, 1.807) is 12.0 Å². The van der Waals surface area contributed by atoms with Gasteiger partial charge in [0, 0.05) is 0 Å². The van der Waals surface area contributed by atoms with Gasteiger partial charge >= 0.3 is 0 Å². The van der Waals surface area contributed by atoms with Gasteiger partial charge in [-0.3, -0.25) is 4.79 Å². The van der Waals surface area contributed by atoms with Gasteiger partial charge in [-0.15, -0.1) is 6.58 Å². The molecule has 5 nitrogen and oxygen atoms in total. The van der Waals surface area contributed by atoms with Crippen molar-refractivity contribution in [2.45, 2.75) is 31.4 Å². The molecule has 1 aliphatic heterocycles. The molecule has 1 fully saturated rings. The van der Waals surface area contributed by atoms with Crippen LogP contribution in [0.2, 0.25) is 0 Å². The summed E-state index contributed by atoms with van der Waals surface area (Å²) in [6.07, 6.45) is 7.16. The third-order valence-corrected chi connectivity index (χ3v) is 4.41. The first-order chi connectivity index (χ1) is 12.2. The second-order valence-corrected chi connectivity index (χ2v) is 6.04. The monoisotopic (exact) mass is 337 g/mol. The first kappa shape index (κ1) is 16.8. The summed E-state index contributed by atoms with van der Waals surface area (Å²) < 4.78 is 11.1. The normalized spacial score (nSPS) is 17.8. The lowest BCUT2D eigenvalue weighted by molar-refractivity contribution is -0.122. The van der Waals surface area contributed by atoms with Gasteiger partial charge in [-0.05, 0) is 30.9 Å². The maximum absolute atomic E-state index is 12.6. The highest BCUT2D eigenvalue weighted by Crippen LogP contribution is 2.33. The lowest BCUT2D eigenvalue weighted by atomic mass is 9.77. The van der Waals surface area contributed by atoms with Crippen molar-refractivity contribution in [2.24, 2.45) is 0 Å². The Bertz CT molecular complexity index is 781. The van der Waals surface area contributed by atoms with E-state index in [4.69, 9.17) is 9.47 Å². The van der Waals surface area contributed by atoms with Gasteiger partial charge in [-0.1, -0.05) is 36.4 Å². The third kappa shape index (κ3) is 3.57. The van der Waals surface area contributed by atoms with Crippen LogP contribution in [-0.4, -0.2) is 17.4 Å². The van der Waals surface area contributed by atoms with E-state index < -0.39 is 11.4 Å². The van der Waals surface area contributed by atoms with Crippen LogP contribution in [0.1, 0.15) is 24.8 Å². The Morgan fingerprint density at radius 2 is 2.12 bits per heavy atom. The summed E-state index contributed by atoms with van der Waals surface area (Å²) in [4.78, 5) is 23.9. The highest BCUT2D eigenvalue weighted by atomic mass is 16.5. The minimum atomic E-state index is -0.431. The minimum Gasteiger partial charge on any atom is -0.483 e. The zero-order chi connectivity index (χ0) is 17.7. The third-order valence-electron chi connectivity index (χ3n) is 4.41. The molecule has 1 aromatic rings. The van der Waals surface area contributed by atoms with Crippen molar-refractivity contribution in [3.63, 3.8) is 0 Å². The number of benzene rings is 1. The summed E-state index contributed by atoms with van der Waals surface area (Å²) in [7, 11) is 0. The largest absolute Gasteiger partial charge is 0.483 e. The van der Waals surface area contributed by atoms with E-state index in [9.17, 15) is 9.59 Å². The zero-order valence-corrected chi connectivity index (χ0v) is 13.8. The first-order valence-corrected chi connectivity index (χ1v) is 8.13. The second kappa shape index (κ2) is 7.24. The van der Waals surface area contributed by atoms with Gasteiger partial charge in [0.15, 0.2) is 5.76 Å². The average Bonchev–Trinajstić information content (AvgIpc) is 2.63. The van der Waals surface area contributed by atoms with Crippen LogP contribution in [0.5, 0.6) is 0 Å². The predicted octanol–water partition coefficient (Wildman–Crippen LogP) is 2.94. The van der Waals surface area contributed by atoms with Gasteiger partial charge in [0.2, 0.25) is 5.76 Å². The summed E-state index contributed by atoms with van der Waals surface area (Å²) >= 11 is 0. The molecular formula is C20H19NO4. The van der Waals surface area contributed by atoms with Gasteiger partial charge < -0.3 is 14.8 Å². The molecule has 1 heterocycles. The molecule has 0 saturated heterocycles. The molecule has 1 saturated carbocycles. The lowest BCUT2D eigenvalue weighted by Gasteiger charge is -2.40. The summed E-state index contributed by atoms with van der Waals surface area (Å²) in [6, 6.07) is 9.46. The number of carbonyl (C=O) groups excluding carboxylic acids is 2. The standard InChI is InChI=1S/C20H19NO4/c1-2-20(10-6-11-20)21-19(23)18-17(16(13-22)9-12-24-18)25-14-15-7-4-3-5-8-15/h2-5,7-9,12H,1,6,10-11,14H2,(H,21,23). The Hall–Kier alpha value is -3.04. The Morgan fingerprint density at radius 3 is 2.72 bits per heavy atom. The van der Waals surface area contributed by atoms with Crippen LogP contribution < -0.4 is 5.32 Å². The highest BCUT2D eigenvalue weighted by molar-refractivity contribution is 5.94. The molecule has 0 atom stereocenters. The molecule has 0 spiro atoms. The van der Waals surface area contributed by atoms with Gasteiger partial charge in [-0.2, -0.15) is 0 Å². The molecule has 0 radical (unpaired) electrons. The highest BCUT2D eigenvalue weighted by Gasteiger charge is 2.37. The number of rotatable bonds is 6. The molecule has 128 valence electrons. The summed E-state index contributed by atoms with van der Waals surface area (Å²) in [6.45, 7) is 4.01. The van der Waals surface area contributed by atoms with Gasteiger partial charge in [-0.25, -0.2) is 4.79 Å². The maximum atomic E-state index is 12.6. The van der Waals surface area contributed by atoms with Crippen molar-refractivity contribution < 1.29 is 19.1 Å². The molecule has 3 rings (SSSR count). The van der Waals surface area contributed by atoms with Crippen LogP contribution in [0.4, 0.5) is 0 Å². The molecule has 0 bridgehead atoms. The van der Waals surface area contributed by atoms with Crippen molar-refractivity contribution in [1.82, 2.24) is 5.32 Å². The predicted molar refractivity (Wildman–Crippen MR) is 92.6 cm³/mol. The smallest absolute Gasteiger partial charge is 0.291 e. The van der Waals surface area contributed by atoms with Crippen LogP contribution in [0.3, 0.4) is 0 Å². The number of hydrogen-bond donors (Lipinski definition) is 1. The Morgan fingerprint density at radius 1 is 1.36 bits per heavy atom. The van der Waals surface area contributed by atoms with Crippen LogP contribution in [-0.2, 0) is 25.7 Å². The Kier molecular flexibility index (Phi) is 4.87. The molecule has 25 heavy (non-hydrogen) atoms. The van der Waals surface area contributed by atoms with E-state index in [1.807, 2.05) is 30.3 Å². The van der Waals surface area contributed by atoms with Crippen LogP contribution in [0.15, 0.2) is 72.4 Å². The number of hydrogen-bond acceptors (Lipinski definition) is 4. The number of amides is 1. The lowest BCUT2D eigenvalue weighted by Crippen LogP contribution is -2.52. The number of ether oxygens (including phenoxy) is 2. The molecule has 5 heteroatoms.